The van der Waals surface area contributed by atoms with Crippen LogP contribution >= 0.6 is 0 Å². The molecule has 1 aromatic heterocycles. The Morgan fingerprint density at radius 1 is 0.933 bits per heavy atom. The predicted molar refractivity (Wildman–Crippen MR) is 101 cm³/mol. The molecule has 0 saturated heterocycles. The highest BCUT2D eigenvalue weighted by atomic mass is 32.2. The number of aromatic nitrogens is 2. The third kappa shape index (κ3) is 2.77. The van der Waals surface area contributed by atoms with Crippen LogP contribution in [0.3, 0.4) is 0 Å². The third-order valence-corrected chi connectivity index (χ3v) is 5.78. The van der Waals surface area contributed by atoms with Crippen LogP contribution in [0.1, 0.15) is 5.69 Å². The molecule has 0 aliphatic carbocycles. The summed E-state index contributed by atoms with van der Waals surface area (Å²) in [6.07, 6.45) is -4.69. The molecule has 0 radical (unpaired) electrons. The Morgan fingerprint density at radius 3 is 2.27 bits per heavy atom. The molecular formula is C19H12F3N3O4S. The molecule has 0 atom stereocenters. The lowest BCUT2D eigenvalue weighted by Crippen LogP contribution is -2.12. The minimum absolute atomic E-state index is 0.0224. The van der Waals surface area contributed by atoms with E-state index in [0.29, 0.717) is 22.3 Å². The zero-order valence-corrected chi connectivity index (χ0v) is 15.8. The number of sulfonamides is 1. The monoisotopic (exact) mass is 435 g/mol. The lowest BCUT2D eigenvalue weighted by Gasteiger charge is -2.08. The molecule has 2 N–H and O–H groups in total. The van der Waals surface area contributed by atoms with Crippen molar-refractivity contribution in [1.29, 1.82) is 0 Å². The lowest BCUT2D eigenvalue weighted by molar-refractivity contribution is -0.140. The van der Waals surface area contributed by atoms with Gasteiger partial charge in [0.2, 0.25) is 16.8 Å². The third-order valence-electron chi connectivity index (χ3n) is 4.85. The molecule has 0 fully saturated rings. The molecular weight excluding hydrogens is 423 g/mol. The molecule has 0 unspecified atom stereocenters. The summed E-state index contributed by atoms with van der Waals surface area (Å²) in [6.45, 7) is 0.0224. The number of hydrogen-bond acceptors (Lipinski definition) is 5. The van der Waals surface area contributed by atoms with E-state index in [1.165, 1.54) is 36.4 Å². The van der Waals surface area contributed by atoms with E-state index in [9.17, 15) is 21.6 Å². The van der Waals surface area contributed by atoms with Crippen molar-refractivity contribution in [2.75, 3.05) is 6.79 Å². The smallest absolute Gasteiger partial charge is 0.435 e. The Balaban J connectivity index is 1.85. The molecule has 0 amide bonds. The van der Waals surface area contributed by atoms with Crippen LogP contribution in [0, 0.1) is 0 Å². The summed E-state index contributed by atoms with van der Waals surface area (Å²) in [7, 11) is -3.94. The van der Waals surface area contributed by atoms with Crippen LogP contribution in [-0.2, 0) is 16.2 Å². The minimum atomic E-state index is -4.69. The maximum atomic E-state index is 13.7. The summed E-state index contributed by atoms with van der Waals surface area (Å²) in [5, 5.41) is 9.87. The molecule has 7 nitrogen and oxygen atoms in total. The first-order valence-corrected chi connectivity index (χ1v) is 10.1. The Hall–Kier alpha value is -3.31. The number of nitrogens with two attached hydrogens (primary N) is 1. The van der Waals surface area contributed by atoms with Gasteiger partial charge in [-0.15, -0.1) is 0 Å². The Bertz CT molecular complexity index is 1430. The van der Waals surface area contributed by atoms with E-state index < -0.39 is 21.9 Å². The van der Waals surface area contributed by atoms with Crippen molar-refractivity contribution < 1.29 is 31.1 Å². The van der Waals surface area contributed by atoms with Crippen molar-refractivity contribution in [3.8, 4) is 17.2 Å². The number of hydrogen-bond donors (Lipinski definition) is 1. The second-order valence-electron chi connectivity index (χ2n) is 6.65. The number of rotatable bonds is 2. The zero-order chi connectivity index (χ0) is 21.3. The van der Waals surface area contributed by atoms with E-state index >= 15 is 0 Å². The van der Waals surface area contributed by atoms with Gasteiger partial charge in [0.05, 0.1) is 16.1 Å². The zero-order valence-electron chi connectivity index (χ0n) is 15.0. The van der Waals surface area contributed by atoms with Crippen LogP contribution in [0.15, 0.2) is 53.4 Å². The number of fused-ring (bicyclic) bond motifs is 5. The molecule has 3 aromatic carbocycles. The molecule has 154 valence electrons. The standard InChI is InChI=1S/C19H12F3N3O4S/c20-19(21,22)18-14-6-5-13-12(7-8-15-17(13)29-9-28-15)16(14)25(24-18)10-1-3-11(4-2-10)30(23,26)27/h1-8H,9H2,(H2,23,26,27). The number of primary sulfonamides is 1. The van der Waals surface area contributed by atoms with Crippen molar-refractivity contribution in [3.05, 3.63) is 54.2 Å². The molecule has 5 rings (SSSR count). The quantitative estimate of drug-likeness (QED) is 0.519. The molecule has 0 bridgehead atoms. The van der Waals surface area contributed by atoms with Gasteiger partial charge in [-0.25, -0.2) is 18.2 Å². The van der Waals surface area contributed by atoms with Crippen LogP contribution in [0.25, 0.3) is 27.4 Å². The second kappa shape index (κ2) is 6.09. The first-order valence-electron chi connectivity index (χ1n) is 8.59. The Kier molecular flexibility index (Phi) is 3.80. The van der Waals surface area contributed by atoms with Gasteiger partial charge in [0.25, 0.3) is 0 Å². The maximum Gasteiger partial charge on any atom is 0.435 e. The normalized spacial score (nSPS) is 14.0. The highest BCUT2D eigenvalue weighted by molar-refractivity contribution is 7.89. The highest BCUT2D eigenvalue weighted by Crippen LogP contribution is 2.44. The summed E-state index contributed by atoms with van der Waals surface area (Å²) < 4.78 is 76.0. The van der Waals surface area contributed by atoms with Crippen molar-refractivity contribution in [1.82, 2.24) is 9.78 Å². The van der Waals surface area contributed by atoms with Crippen LogP contribution in [-0.4, -0.2) is 25.0 Å². The van der Waals surface area contributed by atoms with Gasteiger partial charge in [-0.2, -0.15) is 18.3 Å². The first kappa shape index (κ1) is 18.7. The number of halogens is 3. The van der Waals surface area contributed by atoms with E-state index in [1.54, 1.807) is 12.1 Å². The van der Waals surface area contributed by atoms with Crippen molar-refractivity contribution >= 4 is 31.7 Å². The van der Waals surface area contributed by atoms with Gasteiger partial charge in [0.1, 0.15) is 0 Å². The van der Waals surface area contributed by atoms with Crippen LogP contribution < -0.4 is 14.6 Å². The van der Waals surface area contributed by atoms with Gasteiger partial charge in [0.15, 0.2) is 17.2 Å². The summed E-state index contributed by atoms with van der Waals surface area (Å²) >= 11 is 0. The molecule has 30 heavy (non-hydrogen) atoms. The van der Waals surface area contributed by atoms with Gasteiger partial charge < -0.3 is 9.47 Å². The van der Waals surface area contributed by atoms with Crippen molar-refractivity contribution in [3.63, 3.8) is 0 Å². The van der Waals surface area contributed by atoms with Gasteiger partial charge in [0, 0.05) is 16.2 Å². The molecule has 2 heterocycles. The number of ether oxygens (including phenoxy) is 2. The number of nitrogens with zero attached hydrogens (tertiary/aromatic N) is 2. The van der Waals surface area contributed by atoms with Gasteiger partial charge >= 0.3 is 6.18 Å². The Morgan fingerprint density at radius 2 is 1.60 bits per heavy atom. The summed E-state index contributed by atoms with van der Waals surface area (Å²) in [4.78, 5) is -0.160. The fraction of sp³-hybridized carbons (Fsp3) is 0.105. The van der Waals surface area contributed by atoms with E-state index in [0.717, 1.165) is 4.68 Å². The van der Waals surface area contributed by atoms with Crippen LogP contribution in [0.2, 0.25) is 0 Å². The second-order valence-corrected chi connectivity index (χ2v) is 8.21. The summed E-state index contributed by atoms with van der Waals surface area (Å²) in [5.74, 6) is 0.946. The minimum Gasteiger partial charge on any atom is -0.454 e. The predicted octanol–water partition coefficient (Wildman–Crippen LogP) is 3.57. The average Bonchev–Trinajstić information content (AvgIpc) is 3.31. The molecule has 1 aliphatic heterocycles. The van der Waals surface area contributed by atoms with Crippen LogP contribution in [0.5, 0.6) is 11.5 Å². The number of alkyl halides is 3. The number of benzene rings is 3. The van der Waals surface area contributed by atoms with Crippen molar-refractivity contribution in [2.45, 2.75) is 11.1 Å². The molecule has 0 saturated carbocycles. The SMILES string of the molecule is NS(=O)(=O)c1ccc(-n2nc(C(F)(F)F)c3ccc4c5c(ccc4c32)OCO5)cc1. The fourth-order valence-corrected chi connectivity index (χ4v) is 4.07. The van der Waals surface area contributed by atoms with Gasteiger partial charge in [-0.1, -0.05) is 0 Å². The van der Waals surface area contributed by atoms with Crippen molar-refractivity contribution in [2.24, 2.45) is 5.14 Å². The first-order chi connectivity index (χ1) is 14.1. The van der Waals surface area contributed by atoms with E-state index in [4.69, 9.17) is 14.6 Å². The Labute approximate surface area is 167 Å². The van der Waals surface area contributed by atoms with E-state index in [2.05, 4.69) is 5.10 Å². The molecule has 1 aliphatic rings. The summed E-state index contributed by atoms with van der Waals surface area (Å²) in [6, 6.07) is 11.3. The summed E-state index contributed by atoms with van der Waals surface area (Å²) in [5.41, 5.74) is -0.595. The van der Waals surface area contributed by atoms with E-state index in [-0.39, 0.29) is 28.3 Å². The molecule has 4 aromatic rings. The average molecular weight is 435 g/mol. The largest absolute Gasteiger partial charge is 0.454 e. The lowest BCUT2D eigenvalue weighted by atomic mass is 10.0. The van der Waals surface area contributed by atoms with Gasteiger partial charge in [-0.05, 0) is 48.5 Å². The fourth-order valence-electron chi connectivity index (χ4n) is 3.55. The maximum absolute atomic E-state index is 13.7. The molecule has 0 spiro atoms. The van der Waals surface area contributed by atoms with Crippen LogP contribution in [0.4, 0.5) is 13.2 Å². The van der Waals surface area contributed by atoms with Gasteiger partial charge in [-0.3, -0.25) is 0 Å². The topological polar surface area (TPSA) is 96.4 Å². The highest BCUT2D eigenvalue weighted by Gasteiger charge is 2.37. The van der Waals surface area contributed by atoms with E-state index in [1.807, 2.05) is 0 Å². The molecule has 11 heteroatoms.